The molecule has 0 radical (unpaired) electrons. The zero-order valence-corrected chi connectivity index (χ0v) is 62.4. The molecular formula is C74H111N5O25S2. The number of aliphatic hydroxyl groups is 2. The molecule has 3 rings (SSSR count). The molecule has 10 N–H and O–H groups in total. The Bertz CT molecular complexity index is 2740. The van der Waals surface area contributed by atoms with Crippen LogP contribution in [0.25, 0.3) is 0 Å². The van der Waals surface area contributed by atoms with Gasteiger partial charge in [0.05, 0.1) is 59.2 Å². The highest BCUT2D eigenvalue weighted by molar-refractivity contribution is 8.76. The summed E-state index contributed by atoms with van der Waals surface area (Å²) in [7, 11) is 3.25. The molecule has 0 spiro atoms. The number of unbranched alkanes of at least 4 members (excludes halogenated alkanes) is 10. The summed E-state index contributed by atoms with van der Waals surface area (Å²) in [6.45, 7) is 24.8. The van der Waals surface area contributed by atoms with Gasteiger partial charge in [0.2, 0.25) is 0 Å². The number of aromatic nitrogens is 2. The average Bonchev–Trinajstić information content (AvgIpc) is 0.977. The van der Waals surface area contributed by atoms with Gasteiger partial charge in [-0.05, 0) is 88.5 Å². The lowest BCUT2D eigenvalue weighted by atomic mass is 10.2. The molecule has 3 aromatic rings. The van der Waals surface area contributed by atoms with Crippen LogP contribution in [0.4, 0.5) is 11.4 Å². The van der Waals surface area contributed by atoms with Gasteiger partial charge in [0.25, 0.3) is 0 Å². The Morgan fingerprint density at radius 2 is 0.717 bits per heavy atom. The van der Waals surface area contributed by atoms with Crippen molar-refractivity contribution >= 4 is 86.7 Å². The molecule has 0 aliphatic heterocycles. The van der Waals surface area contributed by atoms with Crippen molar-refractivity contribution in [1.82, 2.24) is 9.97 Å². The summed E-state index contributed by atoms with van der Waals surface area (Å²) in [6.07, 6.45) is 20.6. The van der Waals surface area contributed by atoms with E-state index in [0.717, 1.165) is 128 Å². The second-order valence-corrected chi connectivity index (χ2v) is 24.0. The van der Waals surface area contributed by atoms with Gasteiger partial charge in [0.15, 0.2) is 0 Å². The molecule has 0 amide bonds. The number of carbonyl (C=O) groups is 9. The van der Waals surface area contributed by atoms with E-state index in [0.29, 0.717) is 91.4 Å². The third-order valence-corrected chi connectivity index (χ3v) is 15.5. The van der Waals surface area contributed by atoms with Gasteiger partial charge in [-0.15, -0.1) is 0 Å². The van der Waals surface area contributed by atoms with E-state index in [4.69, 9.17) is 74.4 Å². The summed E-state index contributed by atoms with van der Waals surface area (Å²) in [5.41, 5.74) is 19.3. The fourth-order valence-electron chi connectivity index (χ4n) is 7.42. The van der Waals surface area contributed by atoms with E-state index in [1.807, 2.05) is 48.5 Å². The van der Waals surface area contributed by atoms with Crippen LogP contribution in [0.1, 0.15) is 108 Å². The number of rotatable bonds is 58. The first-order chi connectivity index (χ1) is 51.2. The molecule has 0 saturated carbocycles. The number of nitrogen functional groups attached to an aromatic ring is 2. The van der Waals surface area contributed by atoms with E-state index in [1.165, 1.54) is 6.33 Å². The molecule has 594 valence electrons. The predicted octanol–water partition coefficient (Wildman–Crippen LogP) is 8.48. The van der Waals surface area contributed by atoms with Crippen molar-refractivity contribution in [2.45, 2.75) is 137 Å². The highest BCUT2D eigenvalue weighted by Gasteiger charge is 2.13. The lowest BCUT2D eigenvalue weighted by Gasteiger charge is -2.11. The molecule has 0 saturated heterocycles. The zero-order valence-electron chi connectivity index (χ0n) is 60.8. The van der Waals surface area contributed by atoms with Gasteiger partial charge in [0, 0.05) is 115 Å². The van der Waals surface area contributed by atoms with Crippen LogP contribution in [0.3, 0.4) is 0 Å². The molecule has 1 heterocycles. The van der Waals surface area contributed by atoms with Crippen LogP contribution in [0.2, 0.25) is 0 Å². The summed E-state index contributed by atoms with van der Waals surface area (Å²) in [5.74, 6) is -4.52. The largest absolute Gasteiger partial charge is 0.480 e. The van der Waals surface area contributed by atoms with Crippen molar-refractivity contribution in [3.05, 3.63) is 143 Å². The number of aromatic amines is 1. The zero-order chi connectivity index (χ0) is 78.9. The summed E-state index contributed by atoms with van der Waals surface area (Å²) in [4.78, 5) is 107. The Hall–Kier alpha value is -8.70. The molecule has 0 aliphatic rings. The Balaban J connectivity index is 0. The number of ether oxygens (including phenoxy) is 13. The second kappa shape index (κ2) is 71.9. The number of aliphatic carboxylic acids is 1. The van der Waals surface area contributed by atoms with E-state index in [2.05, 4.69) is 58.9 Å². The number of para-hydroxylation sites is 2. The van der Waals surface area contributed by atoms with Crippen LogP contribution in [-0.2, 0) is 111 Å². The molecule has 1 aromatic heterocycles. The third kappa shape index (κ3) is 66.0. The van der Waals surface area contributed by atoms with E-state index < -0.39 is 60.0 Å². The van der Waals surface area contributed by atoms with Crippen LogP contribution in [-0.4, -0.2) is 216 Å². The summed E-state index contributed by atoms with van der Waals surface area (Å²) >= 11 is 0. The van der Waals surface area contributed by atoms with Gasteiger partial charge in [-0.1, -0.05) is 111 Å². The molecule has 0 bridgehead atoms. The minimum absolute atomic E-state index is 0.110. The smallest absolute Gasteiger partial charge is 0.330 e. The van der Waals surface area contributed by atoms with Gasteiger partial charge in [0.1, 0.15) is 57.9 Å². The number of nitrogens with zero attached hydrogens (tertiary/aromatic N) is 1. The normalized spacial score (nSPS) is 11.0. The quantitative estimate of drug-likeness (QED) is 0.00695. The van der Waals surface area contributed by atoms with Crippen LogP contribution >= 0.6 is 21.6 Å². The number of carbonyl (C=O) groups excluding carboxylic acids is 8. The Morgan fingerprint density at radius 3 is 1.06 bits per heavy atom. The fraction of sp³-hybridized carbons (Fsp3) is 0.514. The van der Waals surface area contributed by atoms with Crippen molar-refractivity contribution in [1.29, 1.82) is 0 Å². The van der Waals surface area contributed by atoms with Gasteiger partial charge < -0.3 is 99.1 Å². The van der Waals surface area contributed by atoms with Crippen LogP contribution < -0.4 is 17.2 Å². The highest BCUT2D eigenvalue weighted by atomic mass is 33.1. The maximum Gasteiger partial charge on any atom is 0.330 e. The van der Waals surface area contributed by atoms with Gasteiger partial charge in [-0.3, -0.25) is 14.4 Å². The van der Waals surface area contributed by atoms with Crippen molar-refractivity contribution in [2.24, 2.45) is 5.73 Å². The minimum atomic E-state index is -1.00. The number of anilines is 2. The number of hydrogen-bond acceptors (Lipinski definition) is 30. The number of nitrogens with two attached hydrogens (primary N) is 3. The lowest BCUT2D eigenvalue weighted by Crippen LogP contribution is -2.32. The van der Waals surface area contributed by atoms with Crippen molar-refractivity contribution in [2.75, 3.05) is 130 Å². The van der Waals surface area contributed by atoms with E-state index in [-0.39, 0.29) is 84.4 Å². The topological polar surface area (TPSA) is 441 Å². The number of esters is 8. The Labute approximate surface area is 629 Å². The first-order valence-electron chi connectivity index (χ1n) is 34.5. The molecule has 2 aromatic carbocycles. The molecular weight excluding hydrogens is 1420 g/mol. The first kappa shape index (κ1) is 99.4. The average molecular weight is 1530 g/mol. The maximum atomic E-state index is 11.5. The van der Waals surface area contributed by atoms with Crippen LogP contribution in [0.15, 0.2) is 147 Å². The number of aliphatic hydroxyl groups excluding tert-OH is 2. The number of benzene rings is 2. The number of imidazole rings is 1. The SMILES string of the molecule is C=CC(=O)OCC(O)COCCCCCCOCC(O)COC(=O)C=C.C=CC(=O)OCCCCCC(=O)OCCOCCOC(=O)CCCCCOC(=O)C=C.C=CC(=O)OCCOCCCCCCOCCOC(=O)C=C.N[C@H](Cc1cnc[nH]1)C(=O)O.Nc1ccccc1SSc1ccccc1N. The van der Waals surface area contributed by atoms with Crippen molar-refractivity contribution in [3.63, 3.8) is 0 Å². The van der Waals surface area contributed by atoms with E-state index >= 15 is 0 Å². The molecule has 32 heteroatoms. The molecule has 30 nitrogen and oxygen atoms in total. The molecule has 2 unspecified atom stereocenters. The Kier molecular flexibility index (Phi) is 67.4. The molecule has 3 atom stereocenters. The number of hydrogen-bond donors (Lipinski definition) is 7. The number of nitrogens with one attached hydrogen (secondary N) is 1. The monoisotopic (exact) mass is 1530 g/mol. The molecule has 106 heavy (non-hydrogen) atoms. The Morgan fingerprint density at radius 1 is 0.406 bits per heavy atom. The van der Waals surface area contributed by atoms with Crippen molar-refractivity contribution in [3.8, 4) is 0 Å². The predicted molar refractivity (Wildman–Crippen MR) is 400 cm³/mol. The summed E-state index contributed by atoms with van der Waals surface area (Å²) in [5, 5.41) is 27.5. The number of carboxylic acids is 1. The first-order valence-corrected chi connectivity index (χ1v) is 36.6. The minimum Gasteiger partial charge on any atom is -0.480 e. The van der Waals surface area contributed by atoms with Crippen LogP contribution in [0, 0.1) is 0 Å². The van der Waals surface area contributed by atoms with Gasteiger partial charge >= 0.3 is 53.7 Å². The molecule has 0 fully saturated rings. The van der Waals surface area contributed by atoms with Gasteiger partial charge in [-0.25, -0.2) is 33.8 Å². The highest BCUT2D eigenvalue weighted by Crippen LogP contribution is 2.41. The van der Waals surface area contributed by atoms with E-state index in [1.54, 1.807) is 27.8 Å². The lowest BCUT2D eigenvalue weighted by molar-refractivity contribution is -0.147. The van der Waals surface area contributed by atoms with Crippen molar-refractivity contribution < 1.29 is 120 Å². The van der Waals surface area contributed by atoms with Gasteiger partial charge in [-0.2, -0.15) is 0 Å². The summed E-state index contributed by atoms with van der Waals surface area (Å²) < 4.78 is 65.1. The second-order valence-electron chi connectivity index (χ2n) is 21.8. The molecule has 0 aliphatic carbocycles. The standard InChI is InChI=1S/C22H34O9.C18H30O8.C16H26O6.C12H12N2S2.C6H9N3O2/c1-3-19(23)28-13-9-5-7-11-21(25)30-17-15-27-16-18-31-22(26)12-8-6-10-14-29-20(24)4-2;1-3-17(21)25-13-15(19)11-23-9-7-5-6-8-10-24-12-16(20)14-26-18(22)4-2;1-3-15(17)21-13-11-19-9-7-5-6-8-10-20-12-14-22-16(18)4-2;13-9-5-1-3-7-11(9)15-16-12-8-4-2-6-10(12)14;7-5(6(10)11)1-4-2-8-3-9-4/h3-4H,1-2,5-18H2;3-4,15-16,19-20H,1-2,5-14H2;3-4H,1-2,5-14H2;1-8H,13-14H2;2-3,5H,1,7H2,(H,8,9)(H,10,11)/t;;;;5-/m....1/s1. The third-order valence-electron chi connectivity index (χ3n) is 12.9. The number of H-pyrrole nitrogens is 1. The van der Waals surface area contributed by atoms with Crippen LogP contribution in [0.5, 0.6) is 0 Å². The fourth-order valence-corrected chi connectivity index (χ4v) is 9.64. The summed E-state index contributed by atoms with van der Waals surface area (Å²) in [6, 6.07) is 14.8. The number of carboxylic acid groups (broad SMARTS) is 1. The maximum absolute atomic E-state index is 11.5. The van der Waals surface area contributed by atoms with E-state index in [9.17, 15) is 53.4 Å².